The Balaban J connectivity index is 2.41. The van der Waals surface area contributed by atoms with E-state index in [1.54, 1.807) is 0 Å². The molecular formula is C14H22ClN3S. The normalized spacial score (nSPS) is 20.7. The highest BCUT2D eigenvalue weighted by molar-refractivity contribution is 8.00. The van der Waals surface area contributed by atoms with Gasteiger partial charge in [0.15, 0.2) is 0 Å². The van der Waals surface area contributed by atoms with Crippen LogP contribution in [0.4, 0.5) is 5.82 Å². The third-order valence-electron chi connectivity index (χ3n) is 3.27. The molecule has 2 heterocycles. The van der Waals surface area contributed by atoms with Crippen molar-refractivity contribution >= 4 is 29.2 Å². The number of aromatic nitrogens is 2. The summed E-state index contributed by atoms with van der Waals surface area (Å²) in [6.07, 6.45) is 0. The van der Waals surface area contributed by atoms with Crippen molar-refractivity contribution in [3.63, 3.8) is 0 Å². The minimum Gasteiger partial charge on any atom is -0.354 e. The van der Waals surface area contributed by atoms with E-state index >= 15 is 0 Å². The molecule has 0 N–H and O–H groups in total. The average Bonchev–Trinajstić information content (AvgIpc) is 2.31. The van der Waals surface area contributed by atoms with Crippen molar-refractivity contribution in [2.24, 2.45) is 0 Å². The van der Waals surface area contributed by atoms with Crippen LogP contribution in [0.2, 0.25) is 5.15 Å². The van der Waals surface area contributed by atoms with E-state index in [2.05, 4.69) is 37.6 Å². The van der Waals surface area contributed by atoms with Gasteiger partial charge in [-0.05, 0) is 6.92 Å². The van der Waals surface area contributed by atoms with Crippen molar-refractivity contribution < 1.29 is 0 Å². The van der Waals surface area contributed by atoms with Crippen LogP contribution in [-0.2, 0) is 5.41 Å². The first-order valence-electron chi connectivity index (χ1n) is 6.70. The van der Waals surface area contributed by atoms with E-state index in [-0.39, 0.29) is 5.41 Å². The number of hydrogen-bond acceptors (Lipinski definition) is 4. The standard InChI is InChI=1S/C14H22ClN3S/c1-9-8-18(6-7-19-9)12-10(2)11(15)16-13(17-12)14(3,4)5/h9H,6-8H2,1-5H3. The van der Waals surface area contributed by atoms with Crippen LogP contribution >= 0.6 is 23.4 Å². The summed E-state index contributed by atoms with van der Waals surface area (Å²) in [4.78, 5) is 11.6. The van der Waals surface area contributed by atoms with E-state index in [4.69, 9.17) is 16.6 Å². The molecule has 1 aromatic heterocycles. The molecule has 0 spiro atoms. The maximum absolute atomic E-state index is 6.30. The van der Waals surface area contributed by atoms with E-state index in [1.165, 1.54) is 0 Å². The van der Waals surface area contributed by atoms with Gasteiger partial charge in [0.1, 0.15) is 16.8 Å². The summed E-state index contributed by atoms with van der Waals surface area (Å²) < 4.78 is 0. The number of thioether (sulfide) groups is 1. The predicted molar refractivity (Wildman–Crippen MR) is 84.6 cm³/mol. The van der Waals surface area contributed by atoms with Crippen molar-refractivity contribution in [1.29, 1.82) is 0 Å². The third kappa shape index (κ3) is 3.34. The van der Waals surface area contributed by atoms with E-state index in [0.29, 0.717) is 10.4 Å². The highest BCUT2D eigenvalue weighted by atomic mass is 35.5. The lowest BCUT2D eigenvalue weighted by Crippen LogP contribution is -2.38. The third-order valence-corrected chi connectivity index (χ3v) is 4.78. The van der Waals surface area contributed by atoms with Crippen LogP contribution in [0.25, 0.3) is 0 Å². The average molecular weight is 300 g/mol. The van der Waals surface area contributed by atoms with E-state index in [9.17, 15) is 0 Å². The van der Waals surface area contributed by atoms with Crippen LogP contribution in [0, 0.1) is 6.92 Å². The summed E-state index contributed by atoms with van der Waals surface area (Å²) in [5.74, 6) is 2.98. The van der Waals surface area contributed by atoms with Crippen molar-refractivity contribution in [2.45, 2.75) is 45.3 Å². The monoisotopic (exact) mass is 299 g/mol. The number of rotatable bonds is 1. The van der Waals surface area contributed by atoms with Gasteiger partial charge < -0.3 is 4.90 Å². The number of hydrogen-bond donors (Lipinski definition) is 0. The second-order valence-corrected chi connectivity index (χ2v) is 8.07. The Morgan fingerprint density at radius 2 is 2.00 bits per heavy atom. The number of nitrogens with zero attached hydrogens (tertiary/aromatic N) is 3. The van der Waals surface area contributed by atoms with Crippen LogP contribution in [-0.4, -0.2) is 34.1 Å². The summed E-state index contributed by atoms with van der Waals surface area (Å²) in [5, 5.41) is 1.22. The molecule has 0 aliphatic carbocycles. The fourth-order valence-electron chi connectivity index (χ4n) is 2.13. The topological polar surface area (TPSA) is 29.0 Å². The number of anilines is 1. The smallest absolute Gasteiger partial charge is 0.137 e. The molecule has 0 radical (unpaired) electrons. The van der Waals surface area contributed by atoms with Gasteiger partial charge in [0, 0.05) is 35.1 Å². The first-order valence-corrected chi connectivity index (χ1v) is 8.13. The van der Waals surface area contributed by atoms with Crippen LogP contribution in [0.3, 0.4) is 0 Å². The van der Waals surface area contributed by atoms with Crippen molar-refractivity contribution in [2.75, 3.05) is 23.7 Å². The maximum Gasteiger partial charge on any atom is 0.137 e. The molecule has 1 aliphatic heterocycles. The molecule has 1 fully saturated rings. The Hall–Kier alpha value is -0.480. The molecule has 19 heavy (non-hydrogen) atoms. The molecule has 2 rings (SSSR count). The van der Waals surface area contributed by atoms with Gasteiger partial charge in [-0.3, -0.25) is 0 Å². The van der Waals surface area contributed by atoms with Gasteiger partial charge in [-0.2, -0.15) is 11.8 Å². The first-order chi connectivity index (χ1) is 8.79. The lowest BCUT2D eigenvalue weighted by Gasteiger charge is -2.33. The maximum atomic E-state index is 6.30. The molecule has 1 aromatic rings. The van der Waals surface area contributed by atoms with Gasteiger partial charge >= 0.3 is 0 Å². The van der Waals surface area contributed by atoms with Gasteiger partial charge in [0.05, 0.1) is 0 Å². The minimum absolute atomic E-state index is 0.0811. The molecule has 1 unspecified atom stereocenters. The van der Waals surface area contributed by atoms with Crippen molar-refractivity contribution in [1.82, 2.24) is 9.97 Å². The Kier molecular flexibility index (Phi) is 4.31. The lowest BCUT2D eigenvalue weighted by atomic mass is 9.95. The van der Waals surface area contributed by atoms with Gasteiger partial charge in [0.25, 0.3) is 0 Å². The van der Waals surface area contributed by atoms with Crippen LogP contribution in [0.5, 0.6) is 0 Å². The molecule has 1 atom stereocenters. The zero-order valence-corrected chi connectivity index (χ0v) is 13.9. The van der Waals surface area contributed by atoms with Gasteiger partial charge in [-0.15, -0.1) is 0 Å². The molecule has 0 saturated carbocycles. The molecule has 0 aromatic carbocycles. The molecule has 0 bridgehead atoms. The lowest BCUT2D eigenvalue weighted by molar-refractivity contribution is 0.543. The minimum atomic E-state index is -0.0811. The van der Waals surface area contributed by atoms with E-state index in [1.807, 2.05) is 18.7 Å². The second-order valence-electron chi connectivity index (χ2n) is 6.16. The van der Waals surface area contributed by atoms with Gasteiger partial charge in [-0.25, -0.2) is 9.97 Å². The second kappa shape index (κ2) is 5.49. The molecular weight excluding hydrogens is 278 g/mol. The zero-order valence-electron chi connectivity index (χ0n) is 12.3. The Morgan fingerprint density at radius 1 is 1.32 bits per heavy atom. The number of halogens is 1. The van der Waals surface area contributed by atoms with Crippen molar-refractivity contribution in [3.8, 4) is 0 Å². The molecule has 3 nitrogen and oxygen atoms in total. The first kappa shape index (κ1) is 14.9. The molecule has 106 valence electrons. The van der Waals surface area contributed by atoms with Gasteiger partial charge in [0.2, 0.25) is 0 Å². The molecule has 1 saturated heterocycles. The van der Waals surface area contributed by atoms with Gasteiger partial charge in [-0.1, -0.05) is 39.3 Å². The summed E-state index contributed by atoms with van der Waals surface area (Å²) >= 11 is 8.32. The van der Waals surface area contributed by atoms with E-state index < -0.39 is 0 Å². The zero-order chi connectivity index (χ0) is 14.2. The Bertz CT molecular complexity index is 470. The van der Waals surface area contributed by atoms with E-state index in [0.717, 1.165) is 36.0 Å². The summed E-state index contributed by atoms with van der Waals surface area (Å²) in [7, 11) is 0. The highest BCUT2D eigenvalue weighted by Gasteiger charge is 2.25. The summed E-state index contributed by atoms with van der Waals surface area (Å²) in [5.41, 5.74) is 0.913. The summed E-state index contributed by atoms with van der Waals surface area (Å²) in [6, 6.07) is 0. The largest absolute Gasteiger partial charge is 0.354 e. The fraction of sp³-hybridized carbons (Fsp3) is 0.714. The fourth-order valence-corrected chi connectivity index (χ4v) is 3.31. The van der Waals surface area contributed by atoms with Crippen LogP contribution in [0.1, 0.15) is 39.1 Å². The Morgan fingerprint density at radius 3 is 2.58 bits per heavy atom. The summed E-state index contributed by atoms with van der Waals surface area (Å²) in [6.45, 7) is 12.7. The molecule has 1 aliphatic rings. The SMILES string of the molecule is Cc1c(Cl)nc(C(C)(C)C)nc1N1CCSC(C)C1. The van der Waals surface area contributed by atoms with Crippen molar-refractivity contribution in [3.05, 3.63) is 16.5 Å². The highest BCUT2D eigenvalue weighted by Crippen LogP contribution is 2.30. The van der Waals surface area contributed by atoms with Crippen LogP contribution in [0.15, 0.2) is 0 Å². The Labute approximate surface area is 125 Å². The molecule has 0 amide bonds. The van der Waals surface area contributed by atoms with Crippen LogP contribution < -0.4 is 4.90 Å². The predicted octanol–water partition coefficient (Wildman–Crippen LogP) is 3.68. The quantitative estimate of drug-likeness (QED) is 0.740. The molecule has 5 heteroatoms.